The molecule has 2 fully saturated rings. The molecule has 2 aliphatic rings. The molecule has 3 rings (SSSR count). The van der Waals surface area contributed by atoms with Crippen molar-refractivity contribution in [3.8, 4) is 0 Å². The van der Waals surface area contributed by atoms with E-state index in [1.54, 1.807) is 35.2 Å². The number of likely N-dealkylation sites (N-methyl/N-ethyl adjacent to an activating group) is 1. The molecule has 0 aromatic carbocycles. The molecule has 6 nitrogen and oxygen atoms in total. The number of amides is 2. The summed E-state index contributed by atoms with van der Waals surface area (Å²) in [5, 5.41) is 3.07. The number of carbonyl (C=O) groups is 2. The third-order valence-corrected chi connectivity index (χ3v) is 5.12. The van der Waals surface area contributed by atoms with Crippen molar-refractivity contribution in [2.24, 2.45) is 0 Å². The van der Waals surface area contributed by atoms with E-state index in [0.29, 0.717) is 6.42 Å². The van der Waals surface area contributed by atoms with Crippen molar-refractivity contribution in [3.05, 3.63) is 16.6 Å². The molecular weight excluding hydrogens is 288 g/mol. The zero-order valence-corrected chi connectivity index (χ0v) is 13.2. The summed E-state index contributed by atoms with van der Waals surface area (Å²) in [5.74, 6) is 0.0893. The first-order chi connectivity index (χ1) is 10.1. The highest BCUT2D eigenvalue weighted by atomic mass is 32.1. The number of fused-ring (bicyclic) bond motifs is 1. The summed E-state index contributed by atoms with van der Waals surface area (Å²) in [7, 11) is 3.45. The van der Waals surface area contributed by atoms with Crippen LogP contribution in [0.15, 0.2) is 11.6 Å². The predicted octanol–water partition coefficient (Wildman–Crippen LogP) is 0.407. The molecule has 3 heterocycles. The second-order valence-corrected chi connectivity index (χ2v) is 6.81. The summed E-state index contributed by atoms with van der Waals surface area (Å²) in [6.45, 7) is 1.98. The third-order valence-electron chi connectivity index (χ3n) is 4.36. The Morgan fingerprint density at radius 2 is 2.29 bits per heavy atom. The van der Waals surface area contributed by atoms with Gasteiger partial charge in [0.15, 0.2) is 0 Å². The number of aromatic nitrogens is 1. The molecule has 2 aliphatic heterocycles. The molecule has 2 saturated heterocycles. The van der Waals surface area contributed by atoms with E-state index in [2.05, 4.69) is 9.88 Å². The maximum atomic E-state index is 12.2. The van der Waals surface area contributed by atoms with Gasteiger partial charge in [0.05, 0.1) is 6.54 Å². The average molecular weight is 308 g/mol. The molecular formula is C14H20N4O2S. The summed E-state index contributed by atoms with van der Waals surface area (Å²) in [6, 6.07) is 0.415. The van der Waals surface area contributed by atoms with Gasteiger partial charge >= 0.3 is 0 Å². The molecule has 1 aromatic rings. The first-order valence-electron chi connectivity index (χ1n) is 7.18. The lowest BCUT2D eigenvalue weighted by atomic mass is 10.1. The Morgan fingerprint density at radius 1 is 1.48 bits per heavy atom. The highest BCUT2D eigenvalue weighted by Gasteiger charge is 2.47. The van der Waals surface area contributed by atoms with Crippen LogP contribution < -0.4 is 0 Å². The Balaban J connectivity index is 1.67. The van der Waals surface area contributed by atoms with Crippen LogP contribution in [-0.4, -0.2) is 70.8 Å². The van der Waals surface area contributed by atoms with Crippen LogP contribution in [0.2, 0.25) is 0 Å². The Hall–Kier alpha value is -1.47. The Morgan fingerprint density at radius 3 is 2.95 bits per heavy atom. The van der Waals surface area contributed by atoms with Crippen LogP contribution in [0.5, 0.6) is 0 Å². The molecule has 0 spiro atoms. The monoisotopic (exact) mass is 308 g/mol. The van der Waals surface area contributed by atoms with Crippen LogP contribution in [-0.2, 0) is 16.1 Å². The zero-order valence-electron chi connectivity index (χ0n) is 12.4. The van der Waals surface area contributed by atoms with Gasteiger partial charge in [-0.25, -0.2) is 4.98 Å². The lowest BCUT2D eigenvalue weighted by molar-refractivity contribution is -0.138. The summed E-state index contributed by atoms with van der Waals surface area (Å²) in [6.07, 6.45) is 3.29. The van der Waals surface area contributed by atoms with Gasteiger partial charge in [-0.05, 0) is 6.42 Å². The maximum absolute atomic E-state index is 12.2. The predicted molar refractivity (Wildman–Crippen MR) is 79.7 cm³/mol. The van der Waals surface area contributed by atoms with Crippen LogP contribution >= 0.6 is 11.3 Å². The number of thiazole rings is 1. The number of likely N-dealkylation sites (tertiary alicyclic amines) is 2. The molecule has 0 unspecified atom stereocenters. The standard InChI is InChI=1S/C14H20N4O2S/c1-16(2)14(20)9-18-10-3-5-17(11(10)7-13(18)19)8-12-15-4-6-21-12/h4,6,10-11H,3,5,7-9H2,1-2H3/t10-,11-/m1/s1. The minimum atomic E-state index is -0.0117. The second kappa shape index (κ2) is 5.73. The van der Waals surface area contributed by atoms with Gasteiger partial charge in [-0.3, -0.25) is 14.5 Å². The van der Waals surface area contributed by atoms with E-state index in [-0.39, 0.29) is 30.4 Å². The molecule has 0 N–H and O–H groups in total. The first kappa shape index (κ1) is 14.5. The van der Waals surface area contributed by atoms with Gasteiger partial charge in [0.2, 0.25) is 11.8 Å². The molecule has 0 saturated carbocycles. The molecule has 114 valence electrons. The topological polar surface area (TPSA) is 56.8 Å². The van der Waals surface area contributed by atoms with Crippen molar-refractivity contribution < 1.29 is 9.59 Å². The zero-order chi connectivity index (χ0) is 15.0. The minimum Gasteiger partial charge on any atom is -0.347 e. The van der Waals surface area contributed by atoms with E-state index in [1.807, 2.05) is 11.6 Å². The quantitative estimate of drug-likeness (QED) is 0.808. The molecule has 1 aromatic heterocycles. The van der Waals surface area contributed by atoms with Crippen LogP contribution in [0.25, 0.3) is 0 Å². The summed E-state index contributed by atoms with van der Waals surface area (Å²) in [4.78, 5) is 34.1. The van der Waals surface area contributed by atoms with Gasteiger partial charge in [0.1, 0.15) is 11.6 Å². The number of carbonyl (C=O) groups excluding carboxylic acids is 2. The molecule has 0 aliphatic carbocycles. The van der Waals surface area contributed by atoms with Crippen LogP contribution in [0.1, 0.15) is 17.8 Å². The van der Waals surface area contributed by atoms with Crippen LogP contribution in [0.3, 0.4) is 0 Å². The lowest BCUT2D eigenvalue weighted by Crippen LogP contribution is -2.43. The van der Waals surface area contributed by atoms with E-state index >= 15 is 0 Å². The number of rotatable bonds is 4. The van der Waals surface area contributed by atoms with Crippen molar-refractivity contribution in [1.82, 2.24) is 19.7 Å². The van der Waals surface area contributed by atoms with Gasteiger partial charge in [0, 0.05) is 50.7 Å². The molecule has 21 heavy (non-hydrogen) atoms. The van der Waals surface area contributed by atoms with Crippen molar-refractivity contribution in [2.45, 2.75) is 31.5 Å². The van der Waals surface area contributed by atoms with E-state index in [9.17, 15) is 9.59 Å². The summed E-state index contributed by atoms with van der Waals surface area (Å²) in [5.41, 5.74) is 0. The first-order valence-corrected chi connectivity index (χ1v) is 8.06. The van der Waals surface area contributed by atoms with Gasteiger partial charge in [-0.15, -0.1) is 11.3 Å². The fourth-order valence-corrected chi connectivity index (χ4v) is 3.84. The van der Waals surface area contributed by atoms with Crippen molar-refractivity contribution in [2.75, 3.05) is 27.2 Å². The SMILES string of the molecule is CN(C)C(=O)CN1C(=O)C[C@@H]2[C@H]1CCN2Cc1nccs1. The van der Waals surface area contributed by atoms with Crippen LogP contribution in [0, 0.1) is 0 Å². The van der Waals surface area contributed by atoms with E-state index in [4.69, 9.17) is 0 Å². The second-order valence-electron chi connectivity index (χ2n) is 5.83. The fourth-order valence-electron chi connectivity index (χ4n) is 3.20. The normalized spacial score (nSPS) is 25.4. The van der Waals surface area contributed by atoms with Crippen molar-refractivity contribution >= 4 is 23.2 Å². The molecule has 7 heteroatoms. The highest BCUT2D eigenvalue weighted by Crippen LogP contribution is 2.33. The van der Waals surface area contributed by atoms with Crippen molar-refractivity contribution in [3.63, 3.8) is 0 Å². The Labute approximate surface area is 128 Å². The van der Waals surface area contributed by atoms with Gasteiger partial charge in [-0.1, -0.05) is 0 Å². The molecule has 2 amide bonds. The third kappa shape index (κ3) is 2.80. The lowest BCUT2D eigenvalue weighted by Gasteiger charge is -2.25. The smallest absolute Gasteiger partial charge is 0.241 e. The summed E-state index contributed by atoms with van der Waals surface area (Å²) < 4.78 is 0. The molecule has 0 bridgehead atoms. The number of hydrogen-bond donors (Lipinski definition) is 0. The fraction of sp³-hybridized carbons (Fsp3) is 0.643. The largest absolute Gasteiger partial charge is 0.347 e. The Bertz CT molecular complexity index is 531. The summed E-state index contributed by atoms with van der Waals surface area (Å²) >= 11 is 1.65. The minimum absolute atomic E-state index is 0.0117. The van der Waals surface area contributed by atoms with E-state index in [1.165, 1.54) is 0 Å². The van der Waals surface area contributed by atoms with E-state index in [0.717, 1.165) is 24.5 Å². The highest BCUT2D eigenvalue weighted by molar-refractivity contribution is 7.09. The van der Waals surface area contributed by atoms with Gasteiger partial charge < -0.3 is 9.80 Å². The molecule has 2 atom stereocenters. The number of hydrogen-bond acceptors (Lipinski definition) is 5. The Kier molecular flexibility index (Phi) is 3.95. The van der Waals surface area contributed by atoms with Crippen LogP contribution in [0.4, 0.5) is 0 Å². The number of nitrogens with zero attached hydrogens (tertiary/aromatic N) is 4. The average Bonchev–Trinajstić information content (AvgIpc) is 3.12. The van der Waals surface area contributed by atoms with Gasteiger partial charge in [0.25, 0.3) is 0 Å². The van der Waals surface area contributed by atoms with E-state index < -0.39 is 0 Å². The van der Waals surface area contributed by atoms with Crippen molar-refractivity contribution in [1.29, 1.82) is 0 Å². The van der Waals surface area contributed by atoms with Gasteiger partial charge in [-0.2, -0.15) is 0 Å². The maximum Gasteiger partial charge on any atom is 0.241 e. The molecule has 0 radical (unpaired) electrons.